The highest BCUT2D eigenvalue weighted by molar-refractivity contribution is 7.86. The number of hydrogen-bond donors (Lipinski definition) is 1. The van der Waals surface area contributed by atoms with Gasteiger partial charge in [-0.25, -0.2) is 8.98 Å². The predicted molar refractivity (Wildman–Crippen MR) is 77.3 cm³/mol. The Balaban J connectivity index is 2.28. The van der Waals surface area contributed by atoms with Gasteiger partial charge >= 0.3 is 6.09 Å². The first kappa shape index (κ1) is 18.2. The molecule has 1 atom stereocenters. The molecule has 0 radical (unpaired) electrons. The number of nitrogens with one attached hydrogen (secondary N) is 1. The van der Waals surface area contributed by atoms with E-state index in [0.717, 1.165) is 6.26 Å². The summed E-state index contributed by atoms with van der Waals surface area (Å²) in [6, 6.07) is -0.0133. The molecule has 1 amide bonds. The fourth-order valence-electron chi connectivity index (χ4n) is 1.87. The van der Waals surface area contributed by atoms with E-state index < -0.39 is 28.1 Å². The van der Waals surface area contributed by atoms with Gasteiger partial charge in [-0.2, -0.15) is 8.42 Å². The topological polar surface area (TPSA) is 90.9 Å². The van der Waals surface area contributed by atoms with Crippen molar-refractivity contribution in [2.24, 2.45) is 0 Å². The van der Waals surface area contributed by atoms with Crippen LogP contribution in [0.1, 0.15) is 47.0 Å². The molecule has 1 fully saturated rings. The maximum absolute atomic E-state index is 11.6. The quantitative estimate of drug-likeness (QED) is 0.592. The molecule has 0 aromatic rings. The van der Waals surface area contributed by atoms with E-state index in [1.807, 2.05) is 0 Å². The van der Waals surface area contributed by atoms with Gasteiger partial charge in [-0.15, -0.1) is 0 Å². The van der Waals surface area contributed by atoms with Crippen LogP contribution in [0.3, 0.4) is 0 Å². The zero-order valence-electron chi connectivity index (χ0n) is 13.2. The van der Waals surface area contributed by atoms with Crippen molar-refractivity contribution in [2.75, 3.05) is 6.26 Å². The Bertz CT molecular complexity index is 450. The zero-order valence-corrected chi connectivity index (χ0v) is 14.0. The van der Waals surface area contributed by atoms with Crippen LogP contribution in [0, 0.1) is 0 Å². The number of alkyl carbamates (subject to hydrolysis) is 1. The molecule has 21 heavy (non-hydrogen) atoms. The maximum Gasteiger partial charge on any atom is 0.407 e. The fourth-order valence-corrected chi connectivity index (χ4v) is 2.44. The van der Waals surface area contributed by atoms with Crippen molar-refractivity contribution in [1.29, 1.82) is 0 Å². The summed E-state index contributed by atoms with van der Waals surface area (Å²) in [7, 11) is -3.53. The molecular weight excluding hydrogens is 298 g/mol. The van der Waals surface area contributed by atoms with E-state index in [0.29, 0.717) is 19.3 Å². The van der Waals surface area contributed by atoms with Crippen LogP contribution in [0.15, 0.2) is 0 Å². The van der Waals surface area contributed by atoms with Crippen molar-refractivity contribution in [1.82, 2.24) is 5.32 Å². The van der Waals surface area contributed by atoms with Crippen molar-refractivity contribution in [3.8, 4) is 0 Å². The van der Waals surface area contributed by atoms with Crippen LogP contribution in [0.5, 0.6) is 0 Å². The SMILES string of the molecule is CCC(OC1CC(NC(=O)OC(C)(C)C)C1)OS(C)(=O)=O. The molecule has 0 bridgehead atoms. The summed E-state index contributed by atoms with van der Waals surface area (Å²) in [4.78, 5) is 11.6. The minimum absolute atomic E-state index is 0.0133. The van der Waals surface area contributed by atoms with Crippen LogP contribution in [-0.2, 0) is 23.8 Å². The lowest BCUT2D eigenvalue weighted by Crippen LogP contribution is -2.50. The van der Waals surface area contributed by atoms with Crippen LogP contribution in [0.25, 0.3) is 0 Å². The minimum atomic E-state index is -3.53. The molecule has 7 nitrogen and oxygen atoms in total. The second-order valence-electron chi connectivity index (χ2n) is 6.21. The summed E-state index contributed by atoms with van der Waals surface area (Å²) in [5, 5.41) is 2.74. The van der Waals surface area contributed by atoms with E-state index in [4.69, 9.17) is 13.7 Å². The minimum Gasteiger partial charge on any atom is -0.444 e. The summed E-state index contributed by atoms with van der Waals surface area (Å²) < 4.78 is 37.6. The van der Waals surface area contributed by atoms with Gasteiger partial charge in [-0.05, 0) is 40.0 Å². The molecule has 1 N–H and O–H groups in total. The Morgan fingerprint density at radius 2 is 1.90 bits per heavy atom. The van der Waals surface area contributed by atoms with Gasteiger partial charge in [0, 0.05) is 6.04 Å². The first-order valence-electron chi connectivity index (χ1n) is 7.01. The Kier molecular flexibility index (Phi) is 6.01. The number of carbonyl (C=O) groups is 1. The number of carbonyl (C=O) groups excluding carboxylic acids is 1. The normalized spacial score (nSPS) is 24.0. The number of hydrogen-bond acceptors (Lipinski definition) is 6. The molecule has 0 aromatic heterocycles. The molecule has 8 heteroatoms. The van der Waals surface area contributed by atoms with Gasteiger partial charge in [0.2, 0.25) is 0 Å². The van der Waals surface area contributed by atoms with Crippen LogP contribution < -0.4 is 5.32 Å². The molecule has 0 spiro atoms. The summed E-state index contributed by atoms with van der Waals surface area (Å²) in [6.45, 7) is 7.18. The molecule has 1 saturated carbocycles. The first-order chi connectivity index (χ1) is 9.48. The Hall–Kier alpha value is -0.860. The molecule has 0 saturated heterocycles. The van der Waals surface area contributed by atoms with E-state index in [9.17, 15) is 13.2 Å². The van der Waals surface area contributed by atoms with Crippen molar-refractivity contribution < 1.29 is 26.9 Å². The Morgan fingerprint density at radius 3 is 2.33 bits per heavy atom. The zero-order chi connectivity index (χ0) is 16.3. The third kappa shape index (κ3) is 7.63. The highest BCUT2D eigenvalue weighted by Gasteiger charge is 2.34. The van der Waals surface area contributed by atoms with Crippen LogP contribution >= 0.6 is 0 Å². The van der Waals surface area contributed by atoms with Gasteiger partial charge in [-0.1, -0.05) is 6.92 Å². The van der Waals surface area contributed by atoms with E-state index >= 15 is 0 Å². The smallest absolute Gasteiger partial charge is 0.407 e. The van der Waals surface area contributed by atoms with Crippen molar-refractivity contribution in [3.05, 3.63) is 0 Å². The average molecular weight is 323 g/mol. The molecule has 1 aliphatic carbocycles. The van der Waals surface area contributed by atoms with Crippen LogP contribution in [-0.4, -0.2) is 44.8 Å². The van der Waals surface area contributed by atoms with Gasteiger partial charge in [0.05, 0.1) is 12.4 Å². The third-order valence-electron chi connectivity index (χ3n) is 2.78. The molecule has 1 unspecified atom stereocenters. The van der Waals surface area contributed by atoms with Crippen molar-refractivity contribution in [3.63, 3.8) is 0 Å². The van der Waals surface area contributed by atoms with E-state index in [1.165, 1.54) is 0 Å². The van der Waals surface area contributed by atoms with E-state index in [-0.39, 0.29) is 12.1 Å². The second-order valence-corrected chi connectivity index (χ2v) is 7.81. The molecule has 0 aromatic carbocycles. The lowest BCUT2D eigenvalue weighted by Gasteiger charge is -2.37. The Labute approximate surface area is 126 Å². The lowest BCUT2D eigenvalue weighted by atomic mass is 9.89. The first-order valence-corrected chi connectivity index (χ1v) is 8.83. The molecule has 0 heterocycles. The number of amides is 1. The van der Waals surface area contributed by atoms with Gasteiger partial charge < -0.3 is 14.8 Å². The summed E-state index contributed by atoms with van der Waals surface area (Å²) >= 11 is 0. The fraction of sp³-hybridized carbons (Fsp3) is 0.923. The van der Waals surface area contributed by atoms with Crippen LogP contribution in [0.2, 0.25) is 0 Å². The van der Waals surface area contributed by atoms with Gasteiger partial charge in [0.25, 0.3) is 10.1 Å². The van der Waals surface area contributed by atoms with E-state index in [1.54, 1.807) is 27.7 Å². The highest BCUT2D eigenvalue weighted by atomic mass is 32.2. The van der Waals surface area contributed by atoms with E-state index in [2.05, 4.69) is 5.32 Å². The highest BCUT2D eigenvalue weighted by Crippen LogP contribution is 2.26. The van der Waals surface area contributed by atoms with Crippen molar-refractivity contribution >= 4 is 16.2 Å². The van der Waals surface area contributed by atoms with Gasteiger partial charge in [-0.3, -0.25) is 0 Å². The average Bonchev–Trinajstić information content (AvgIpc) is 2.20. The molecule has 0 aliphatic heterocycles. The summed E-state index contributed by atoms with van der Waals surface area (Å²) in [5.41, 5.74) is -0.527. The van der Waals surface area contributed by atoms with Gasteiger partial charge in [0.1, 0.15) is 5.60 Å². The van der Waals surface area contributed by atoms with Gasteiger partial charge in [0.15, 0.2) is 6.29 Å². The third-order valence-corrected chi connectivity index (χ3v) is 3.34. The van der Waals surface area contributed by atoms with Crippen LogP contribution in [0.4, 0.5) is 4.79 Å². The number of ether oxygens (including phenoxy) is 2. The van der Waals surface area contributed by atoms with Crippen molar-refractivity contribution in [2.45, 2.75) is 71.0 Å². The lowest BCUT2D eigenvalue weighted by molar-refractivity contribution is -0.145. The molecule has 1 aliphatic rings. The standard InChI is InChI=1S/C13H25NO6S/c1-6-11(20-21(5,16)17)18-10-7-9(8-10)14-12(15)19-13(2,3)4/h9-11H,6-8H2,1-5H3,(H,14,15). The largest absolute Gasteiger partial charge is 0.444 e. The second kappa shape index (κ2) is 6.93. The number of rotatable bonds is 6. The summed E-state index contributed by atoms with van der Waals surface area (Å²) in [5.74, 6) is 0. The monoisotopic (exact) mass is 323 g/mol. The Morgan fingerprint density at radius 1 is 1.33 bits per heavy atom. The predicted octanol–water partition coefficient (Wildman–Crippen LogP) is 1.77. The maximum atomic E-state index is 11.6. The molecule has 1 rings (SSSR count). The molecule has 124 valence electrons. The molecular formula is C13H25NO6S. The summed E-state index contributed by atoms with van der Waals surface area (Å²) in [6.07, 6.45) is 1.32.